The lowest BCUT2D eigenvalue weighted by Crippen LogP contribution is -2.20. The fraction of sp³-hybridized carbons (Fsp3) is 0.304. The van der Waals surface area contributed by atoms with E-state index >= 15 is 0 Å². The molecule has 10 heteroatoms. The van der Waals surface area contributed by atoms with Gasteiger partial charge in [0.1, 0.15) is 11.3 Å². The number of hydrogen-bond acceptors (Lipinski definition) is 5. The Morgan fingerprint density at radius 2 is 2.00 bits per heavy atom. The molecule has 1 unspecified atom stereocenters. The van der Waals surface area contributed by atoms with Gasteiger partial charge in [0.15, 0.2) is 0 Å². The normalized spacial score (nSPS) is 12.8. The Morgan fingerprint density at radius 1 is 1.21 bits per heavy atom. The van der Waals surface area contributed by atoms with Gasteiger partial charge in [-0.25, -0.2) is 4.98 Å². The van der Waals surface area contributed by atoms with Crippen LogP contribution >= 0.6 is 0 Å². The minimum Gasteiger partial charge on any atom is -0.339 e. The van der Waals surface area contributed by atoms with E-state index in [9.17, 15) is 18.0 Å². The second kappa shape index (κ2) is 8.68. The van der Waals surface area contributed by atoms with Gasteiger partial charge in [0.05, 0.1) is 12.1 Å². The minimum atomic E-state index is -4.26. The van der Waals surface area contributed by atoms with E-state index < -0.39 is 12.1 Å². The van der Waals surface area contributed by atoms with Crippen molar-refractivity contribution in [3.8, 4) is 11.4 Å². The molecule has 172 valence electrons. The Labute approximate surface area is 187 Å². The Hall–Kier alpha value is -3.69. The zero-order chi connectivity index (χ0) is 23.8. The van der Waals surface area contributed by atoms with E-state index in [4.69, 9.17) is 4.52 Å². The summed E-state index contributed by atoms with van der Waals surface area (Å²) in [4.78, 5) is 21.4. The number of amides is 1. The number of hydrogen-bond donors (Lipinski definition) is 1. The number of nitrogens with zero attached hydrogens (tertiary/aromatic N) is 4. The maximum atomic E-state index is 12.9. The largest absolute Gasteiger partial charge is 0.391 e. The number of pyridine rings is 1. The Balaban J connectivity index is 1.51. The van der Waals surface area contributed by atoms with Crippen LogP contribution in [0.15, 0.2) is 47.2 Å². The lowest BCUT2D eigenvalue weighted by molar-refractivity contribution is -0.171. The quantitative estimate of drug-likeness (QED) is 0.420. The van der Waals surface area contributed by atoms with Gasteiger partial charge in [-0.05, 0) is 49.6 Å². The van der Waals surface area contributed by atoms with Gasteiger partial charge < -0.3 is 9.84 Å². The third kappa shape index (κ3) is 4.89. The molecule has 4 aromatic rings. The number of nitrogens with one attached hydrogen (secondary N) is 1. The number of anilines is 1. The third-order valence-electron chi connectivity index (χ3n) is 5.46. The highest BCUT2D eigenvalue weighted by molar-refractivity contribution is 6.04. The van der Waals surface area contributed by atoms with Gasteiger partial charge in [0.25, 0.3) is 5.91 Å². The zero-order valence-electron chi connectivity index (χ0n) is 18.3. The fourth-order valence-electron chi connectivity index (χ4n) is 3.31. The SMILES string of the molecule is Cc1ccn2c(C(=O)Nc3cc(-c4noc(CCC(C)C(F)(F)F)n4)ccc3C)cnc2c1. The van der Waals surface area contributed by atoms with Crippen LogP contribution < -0.4 is 5.32 Å². The first-order chi connectivity index (χ1) is 15.6. The minimum absolute atomic E-state index is 0.0247. The molecule has 1 aromatic carbocycles. The Morgan fingerprint density at radius 3 is 2.76 bits per heavy atom. The molecule has 0 fully saturated rings. The molecular weight excluding hydrogens is 435 g/mol. The van der Waals surface area contributed by atoms with Gasteiger partial charge >= 0.3 is 6.18 Å². The van der Waals surface area contributed by atoms with Crippen LogP contribution in [0.5, 0.6) is 0 Å². The number of carbonyl (C=O) groups excluding carboxylic acids is 1. The van der Waals surface area contributed by atoms with Crippen molar-refractivity contribution < 1.29 is 22.5 Å². The predicted octanol–water partition coefficient (Wildman–Crippen LogP) is 5.38. The highest BCUT2D eigenvalue weighted by Crippen LogP contribution is 2.30. The molecule has 0 spiro atoms. The molecule has 3 heterocycles. The molecule has 33 heavy (non-hydrogen) atoms. The number of imidazole rings is 1. The number of carbonyl (C=O) groups is 1. The molecule has 0 saturated carbocycles. The summed E-state index contributed by atoms with van der Waals surface area (Å²) in [6, 6.07) is 9.03. The van der Waals surface area contributed by atoms with Gasteiger partial charge in [0.2, 0.25) is 11.7 Å². The van der Waals surface area contributed by atoms with Crippen molar-refractivity contribution in [2.45, 2.75) is 39.8 Å². The monoisotopic (exact) mass is 457 g/mol. The van der Waals surface area contributed by atoms with Crippen LogP contribution in [0.1, 0.15) is 40.9 Å². The molecule has 1 amide bonds. The van der Waals surface area contributed by atoms with Crippen molar-refractivity contribution in [1.29, 1.82) is 0 Å². The lowest BCUT2D eigenvalue weighted by Gasteiger charge is -2.13. The molecule has 1 atom stereocenters. The third-order valence-corrected chi connectivity index (χ3v) is 5.46. The zero-order valence-corrected chi connectivity index (χ0v) is 18.3. The molecule has 3 aromatic heterocycles. The maximum Gasteiger partial charge on any atom is 0.391 e. The van der Waals surface area contributed by atoms with E-state index in [-0.39, 0.29) is 30.5 Å². The standard InChI is InChI=1S/C23H22F3N5O2/c1-13-8-9-31-18(12-27-19(31)10-13)22(32)28-17-11-16(6-4-14(17)2)21-29-20(33-30-21)7-5-15(3)23(24,25)26/h4,6,8-12,15H,5,7H2,1-3H3,(H,28,32). The molecule has 4 rings (SSSR count). The van der Waals surface area contributed by atoms with E-state index in [0.717, 1.165) is 18.1 Å². The number of rotatable bonds is 6. The average Bonchev–Trinajstić information content (AvgIpc) is 3.39. The molecule has 1 N–H and O–H groups in total. The van der Waals surface area contributed by atoms with E-state index in [1.807, 2.05) is 26.0 Å². The van der Waals surface area contributed by atoms with Gasteiger partial charge in [-0.15, -0.1) is 0 Å². The van der Waals surface area contributed by atoms with Crippen LogP contribution in [0.4, 0.5) is 18.9 Å². The van der Waals surface area contributed by atoms with E-state index in [1.165, 1.54) is 6.20 Å². The second-order valence-corrected chi connectivity index (χ2v) is 8.05. The highest BCUT2D eigenvalue weighted by atomic mass is 19.4. The van der Waals surface area contributed by atoms with Gasteiger partial charge in [-0.3, -0.25) is 9.20 Å². The van der Waals surface area contributed by atoms with Crippen LogP contribution in [0.3, 0.4) is 0 Å². The van der Waals surface area contributed by atoms with Crippen LogP contribution in [0, 0.1) is 19.8 Å². The van der Waals surface area contributed by atoms with E-state index in [1.54, 1.807) is 28.8 Å². The summed E-state index contributed by atoms with van der Waals surface area (Å²) < 4.78 is 44.9. The number of fused-ring (bicyclic) bond motifs is 1. The molecule has 0 bridgehead atoms. The first-order valence-electron chi connectivity index (χ1n) is 10.4. The predicted molar refractivity (Wildman–Crippen MR) is 116 cm³/mol. The van der Waals surface area contributed by atoms with Crippen molar-refractivity contribution >= 4 is 17.2 Å². The van der Waals surface area contributed by atoms with Crippen LogP contribution in [-0.4, -0.2) is 31.6 Å². The summed E-state index contributed by atoms with van der Waals surface area (Å²) in [5.41, 5.74) is 4.04. The summed E-state index contributed by atoms with van der Waals surface area (Å²) in [6.07, 6.45) is -1.07. The van der Waals surface area contributed by atoms with E-state index in [2.05, 4.69) is 20.4 Å². The lowest BCUT2D eigenvalue weighted by atomic mass is 10.1. The van der Waals surface area contributed by atoms with Crippen molar-refractivity contribution in [1.82, 2.24) is 19.5 Å². The molecular formula is C23H22F3N5O2. The van der Waals surface area contributed by atoms with Crippen molar-refractivity contribution in [3.05, 3.63) is 65.4 Å². The van der Waals surface area contributed by atoms with Crippen molar-refractivity contribution in [3.63, 3.8) is 0 Å². The maximum absolute atomic E-state index is 12.9. The number of benzene rings is 1. The molecule has 0 radical (unpaired) electrons. The Kier molecular flexibility index (Phi) is 5.92. The first kappa shape index (κ1) is 22.5. The van der Waals surface area contributed by atoms with Crippen LogP contribution in [0.25, 0.3) is 17.0 Å². The number of alkyl halides is 3. The van der Waals surface area contributed by atoms with Gasteiger partial charge in [0, 0.05) is 23.9 Å². The molecule has 0 saturated heterocycles. The molecule has 0 aliphatic carbocycles. The van der Waals surface area contributed by atoms with E-state index in [0.29, 0.717) is 22.6 Å². The average molecular weight is 457 g/mol. The molecule has 0 aliphatic rings. The van der Waals surface area contributed by atoms with Crippen molar-refractivity contribution in [2.75, 3.05) is 5.32 Å². The number of aryl methyl sites for hydroxylation is 3. The number of halogens is 3. The fourth-order valence-corrected chi connectivity index (χ4v) is 3.31. The van der Waals surface area contributed by atoms with Gasteiger partial charge in [-0.2, -0.15) is 18.2 Å². The summed E-state index contributed by atoms with van der Waals surface area (Å²) >= 11 is 0. The first-order valence-corrected chi connectivity index (χ1v) is 10.4. The summed E-state index contributed by atoms with van der Waals surface area (Å²) in [7, 11) is 0. The Bertz CT molecular complexity index is 1310. The number of aromatic nitrogens is 4. The smallest absolute Gasteiger partial charge is 0.339 e. The summed E-state index contributed by atoms with van der Waals surface area (Å²) in [5, 5.41) is 6.76. The van der Waals surface area contributed by atoms with Crippen LogP contribution in [-0.2, 0) is 6.42 Å². The summed E-state index contributed by atoms with van der Waals surface area (Å²) in [6.45, 7) is 4.91. The van der Waals surface area contributed by atoms with Gasteiger partial charge in [-0.1, -0.05) is 24.2 Å². The topological polar surface area (TPSA) is 85.3 Å². The van der Waals surface area contributed by atoms with Crippen LogP contribution in [0.2, 0.25) is 0 Å². The summed E-state index contributed by atoms with van der Waals surface area (Å²) in [5.74, 6) is -1.42. The molecule has 0 aliphatic heterocycles. The highest BCUT2D eigenvalue weighted by Gasteiger charge is 2.35. The van der Waals surface area contributed by atoms with Crippen molar-refractivity contribution in [2.24, 2.45) is 5.92 Å². The second-order valence-electron chi connectivity index (χ2n) is 8.05. The molecule has 7 nitrogen and oxygen atoms in total.